The summed E-state index contributed by atoms with van der Waals surface area (Å²) in [5.41, 5.74) is 2.25. The molecular weight excluding hydrogens is 166 g/mol. The molecule has 0 bridgehead atoms. The van der Waals surface area contributed by atoms with Crippen molar-refractivity contribution in [3.05, 3.63) is 23.8 Å². The van der Waals surface area contributed by atoms with Crippen molar-refractivity contribution in [1.29, 1.82) is 0 Å². The molecule has 1 aromatic carbocycles. The third-order valence-electron chi connectivity index (χ3n) is 1.89. The van der Waals surface area contributed by atoms with Gasteiger partial charge in [0.05, 0.1) is 0 Å². The first-order chi connectivity index (χ1) is 6.16. The van der Waals surface area contributed by atoms with E-state index in [1.807, 2.05) is 0 Å². The molecule has 0 unspecified atom stereocenters. The second kappa shape index (κ2) is 2.65. The summed E-state index contributed by atoms with van der Waals surface area (Å²) >= 11 is 0. The Morgan fingerprint density at radius 3 is 2.69 bits per heavy atom. The van der Waals surface area contributed by atoms with E-state index in [0.717, 1.165) is 11.0 Å². The smallest absolute Gasteiger partial charge is 0.159 e. The van der Waals surface area contributed by atoms with Gasteiger partial charge in [-0.15, -0.1) is 0 Å². The molecule has 66 valence electrons. The van der Waals surface area contributed by atoms with Gasteiger partial charge in [0.1, 0.15) is 11.0 Å². The van der Waals surface area contributed by atoms with Crippen LogP contribution in [0.2, 0.25) is 0 Å². The molecule has 0 aliphatic heterocycles. The van der Waals surface area contributed by atoms with Crippen LogP contribution in [0.1, 0.15) is 17.3 Å². The highest BCUT2D eigenvalue weighted by Gasteiger charge is 2.03. The fourth-order valence-electron chi connectivity index (χ4n) is 1.24. The van der Waals surface area contributed by atoms with Crippen molar-refractivity contribution in [2.75, 3.05) is 0 Å². The van der Waals surface area contributed by atoms with E-state index in [2.05, 4.69) is 10.2 Å². The molecule has 0 atom stereocenters. The number of ketones is 1. The molecule has 13 heavy (non-hydrogen) atoms. The molecule has 0 aliphatic rings. The topological polar surface area (TPSA) is 47.8 Å². The molecule has 0 saturated heterocycles. The van der Waals surface area contributed by atoms with E-state index in [1.165, 1.54) is 11.7 Å². The molecule has 0 saturated carbocycles. The maximum Gasteiger partial charge on any atom is 0.159 e. The number of benzene rings is 1. The number of hydrogen-bond donors (Lipinski definition) is 0. The van der Waals surface area contributed by atoms with Gasteiger partial charge in [-0.2, -0.15) is 15.0 Å². The average Bonchev–Trinajstić information content (AvgIpc) is 2.42. The zero-order valence-electron chi connectivity index (χ0n) is 7.48. The first-order valence-corrected chi connectivity index (χ1v) is 3.99. The largest absolute Gasteiger partial charge is 0.295 e. The summed E-state index contributed by atoms with van der Waals surface area (Å²) in [5.74, 6) is 0.0487. The highest BCUT2D eigenvalue weighted by molar-refractivity contribution is 5.97. The first kappa shape index (κ1) is 7.91. The predicted molar refractivity (Wildman–Crippen MR) is 48.5 cm³/mol. The van der Waals surface area contributed by atoms with Crippen molar-refractivity contribution in [1.82, 2.24) is 15.0 Å². The van der Waals surface area contributed by atoms with Gasteiger partial charge in [-0.3, -0.25) is 4.79 Å². The summed E-state index contributed by atoms with van der Waals surface area (Å²) in [6, 6.07) is 5.32. The van der Waals surface area contributed by atoms with Gasteiger partial charge in [0.15, 0.2) is 5.78 Å². The minimum atomic E-state index is 0.0487. The van der Waals surface area contributed by atoms with Crippen LogP contribution < -0.4 is 0 Å². The van der Waals surface area contributed by atoms with Gasteiger partial charge in [-0.05, 0) is 25.1 Å². The summed E-state index contributed by atoms with van der Waals surface area (Å²) in [6.07, 6.45) is 0. The Morgan fingerprint density at radius 1 is 1.31 bits per heavy atom. The Morgan fingerprint density at radius 2 is 2.00 bits per heavy atom. The number of hydrogen-bond acceptors (Lipinski definition) is 3. The van der Waals surface area contributed by atoms with E-state index in [9.17, 15) is 4.79 Å². The van der Waals surface area contributed by atoms with E-state index >= 15 is 0 Å². The average molecular weight is 175 g/mol. The van der Waals surface area contributed by atoms with Crippen LogP contribution in [0.3, 0.4) is 0 Å². The lowest BCUT2D eigenvalue weighted by molar-refractivity contribution is 0.101. The molecule has 0 spiro atoms. The number of fused-ring (bicyclic) bond motifs is 1. The SMILES string of the molecule is CC(=O)c1ccc2nn(C)nc2c1. The number of rotatable bonds is 1. The fourth-order valence-corrected chi connectivity index (χ4v) is 1.24. The molecule has 1 heterocycles. The summed E-state index contributed by atoms with van der Waals surface area (Å²) in [7, 11) is 1.76. The van der Waals surface area contributed by atoms with Gasteiger partial charge >= 0.3 is 0 Å². The van der Waals surface area contributed by atoms with Gasteiger partial charge < -0.3 is 0 Å². The van der Waals surface area contributed by atoms with Gasteiger partial charge in [0.25, 0.3) is 0 Å². The number of Topliss-reactive ketones (excluding diaryl/α,β-unsaturated/α-hetero) is 1. The molecule has 2 rings (SSSR count). The lowest BCUT2D eigenvalue weighted by Gasteiger charge is -1.91. The van der Waals surface area contributed by atoms with E-state index in [-0.39, 0.29) is 5.78 Å². The Kier molecular flexibility index (Phi) is 1.62. The van der Waals surface area contributed by atoms with Crippen LogP contribution in [0.25, 0.3) is 11.0 Å². The number of nitrogens with zero attached hydrogens (tertiary/aromatic N) is 3. The van der Waals surface area contributed by atoms with Crippen molar-refractivity contribution in [3.63, 3.8) is 0 Å². The van der Waals surface area contributed by atoms with Crippen LogP contribution in [0.15, 0.2) is 18.2 Å². The zero-order chi connectivity index (χ0) is 9.42. The highest BCUT2D eigenvalue weighted by Crippen LogP contribution is 2.11. The summed E-state index contributed by atoms with van der Waals surface area (Å²) < 4.78 is 0. The molecule has 1 aromatic heterocycles. The van der Waals surface area contributed by atoms with E-state index < -0.39 is 0 Å². The maximum absolute atomic E-state index is 11.0. The molecule has 0 amide bonds. The molecular formula is C9H9N3O. The summed E-state index contributed by atoms with van der Waals surface area (Å²) in [4.78, 5) is 12.5. The quantitative estimate of drug-likeness (QED) is 0.611. The molecule has 2 aromatic rings. The zero-order valence-corrected chi connectivity index (χ0v) is 7.48. The Bertz CT molecular complexity index is 473. The Labute approximate surface area is 75.2 Å². The summed E-state index contributed by atoms with van der Waals surface area (Å²) in [6.45, 7) is 1.54. The second-order valence-corrected chi connectivity index (χ2v) is 2.95. The number of aryl methyl sites for hydroxylation is 1. The molecule has 0 fully saturated rings. The van der Waals surface area contributed by atoms with Crippen LogP contribution >= 0.6 is 0 Å². The highest BCUT2D eigenvalue weighted by atomic mass is 16.1. The van der Waals surface area contributed by atoms with Crippen LogP contribution in [0.4, 0.5) is 0 Å². The molecule has 4 heteroatoms. The number of carbonyl (C=O) groups is 1. The molecule has 0 radical (unpaired) electrons. The van der Waals surface area contributed by atoms with Crippen molar-refractivity contribution in [2.45, 2.75) is 6.92 Å². The van der Waals surface area contributed by atoms with Gasteiger partial charge in [-0.1, -0.05) is 0 Å². The van der Waals surface area contributed by atoms with Crippen LogP contribution in [0.5, 0.6) is 0 Å². The van der Waals surface area contributed by atoms with Crippen LogP contribution in [0, 0.1) is 0 Å². The summed E-state index contributed by atoms with van der Waals surface area (Å²) in [5, 5.41) is 8.22. The lowest BCUT2D eigenvalue weighted by Crippen LogP contribution is -1.91. The van der Waals surface area contributed by atoms with Crippen molar-refractivity contribution < 1.29 is 4.79 Å². The fraction of sp³-hybridized carbons (Fsp3) is 0.222. The minimum Gasteiger partial charge on any atom is -0.295 e. The van der Waals surface area contributed by atoms with Crippen LogP contribution in [-0.4, -0.2) is 20.8 Å². The van der Waals surface area contributed by atoms with Gasteiger partial charge in [0, 0.05) is 12.6 Å². The van der Waals surface area contributed by atoms with E-state index in [0.29, 0.717) is 5.56 Å². The van der Waals surface area contributed by atoms with Crippen molar-refractivity contribution in [2.24, 2.45) is 7.05 Å². The minimum absolute atomic E-state index is 0.0487. The normalized spacial score (nSPS) is 10.6. The standard InChI is InChI=1S/C9H9N3O/c1-6(13)7-3-4-8-9(5-7)11-12(2)10-8/h3-5H,1-2H3. The first-order valence-electron chi connectivity index (χ1n) is 3.99. The third-order valence-corrected chi connectivity index (χ3v) is 1.89. The van der Waals surface area contributed by atoms with Crippen molar-refractivity contribution >= 4 is 16.8 Å². The van der Waals surface area contributed by atoms with Gasteiger partial charge in [0.2, 0.25) is 0 Å². The third kappa shape index (κ3) is 1.30. The Balaban J connectivity index is 2.67. The molecule has 4 nitrogen and oxygen atoms in total. The lowest BCUT2D eigenvalue weighted by atomic mass is 10.1. The van der Waals surface area contributed by atoms with E-state index in [1.54, 1.807) is 25.2 Å². The predicted octanol–water partition coefficient (Wildman–Crippen LogP) is 1.17. The second-order valence-electron chi connectivity index (χ2n) is 2.95. The maximum atomic E-state index is 11.0. The van der Waals surface area contributed by atoms with Crippen LogP contribution in [-0.2, 0) is 7.05 Å². The Hall–Kier alpha value is -1.71. The monoisotopic (exact) mass is 175 g/mol. The number of carbonyl (C=O) groups excluding carboxylic acids is 1. The van der Waals surface area contributed by atoms with E-state index in [4.69, 9.17) is 0 Å². The molecule has 0 aliphatic carbocycles. The van der Waals surface area contributed by atoms with Crippen molar-refractivity contribution in [3.8, 4) is 0 Å². The number of aromatic nitrogens is 3. The van der Waals surface area contributed by atoms with Gasteiger partial charge in [-0.25, -0.2) is 0 Å². The molecule has 0 N–H and O–H groups in total.